The maximum absolute atomic E-state index is 12.0. The minimum atomic E-state index is -0.127. The number of aliphatic hydroxyl groups excluding tert-OH is 1. The van der Waals surface area contributed by atoms with Crippen LogP contribution in [-0.4, -0.2) is 42.3 Å². The van der Waals surface area contributed by atoms with E-state index in [1.807, 2.05) is 6.07 Å². The number of nitrogens with zero attached hydrogens (tertiary/aromatic N) is 1. The highest BCUT2D eigenvalue weighted by molar-refractivity contribution is 5.74. The Morgan fingerprint density at radius 1 is 1.45 bits per heavy atom. The third-order valence-electron chi connectivity index (χ3n) is 3.67. The van der Waals surface area contributed by atoms with E-state index in [9.17, 15) is 4.79 Å². The molecule has 1 aliphatic rings. The predicted octanol–water partition coefficient (Wildman–Crippen LogP) is 1.98. The van der Waals surface area contributed by atoms with Gasteiger partial charge in [0.1, 0.15) is 0 Å². The molecule has 0 radical (unpaired) electrons. The van der Waals surface area contributed by atoms with Crippen LogP contribution in [0, 0.1) is 5.92 Å². The topological polar surface area (TPSA) is 52.6 Å². The molecule has 2 N–H and O–H groups in total. The molecule has 2 atom stereocenters. The summed E-state index contributed by atoms with van der Waals surface area (Å²) >= 11 is 0. The van der Waals surface area contributed by atoms with E-state index in [2.05, 4.69) is 36.2 Å². The van der Waals surface area contributed by atoms with Gasteiger partial charge in [-0.25, -0.2) is 4.79 Å². The van der Waals surface area contributed by atoms with E-state index >= 15 is 0 Å². The van der Waals surface area contributed by atoms with Crippen LogP contribution in [0.3, 0.4) is 0 Å². The molecule has 0 spiro atoms. The second-order valence-corrected chi connectivity index (χ2v) is 5.16. The first-order valence-electron chi connectivity index (χ1n) is 7.05. The van der Waals surface area contributed by atoms with Gasteiger partial charge in [-0.2, -0.15) is 0 Å². The maximum Gasteiger partial charge on any atom is 0.317 e. The van der Waals surface area contributed by atoms with Crippen molar-refractivity contribution >= 4 is 6.03 Å². The number of hydrogen-bond donors (Lipinski definition) is 2. The van der Waals surface area contributed by atoms with Crippen molar-refractivity contribution in [2.45, 2.75) is 12.3 Å². The average Bonchev–Trinajstić information content (AvgIpc) is 3.25. The molecule has 4 heteroatoms. The van der Waals surface area contributed by atoms with Crippen molar-refractivity contribution in [2.75, 3.05) is 26.2 Å². The summed E-state index contributed by atoms with van der Waals surface area (Å²) in [7, 11) is 0. The molecule has 1 aliphatic carbocycles. The maximum atomic E-state index is 12.0. The van der Waals surface area contributed by atoms with Crippen LogP contribution in [0.15, 0.2) is 43.0 Å². The fourth-order valence-electron chi connectivity index (χ4n) is 2.46. The molecule has 0 heterocycles. The normalized spacial score (nSPS) is 20.2. The summed E-state index contributed by atoms with van der Waals surface area (Å²) in [6, 6.07) is 10.3. The molecule has 0 saturated heterocycles. The summed E-state index contributed by atoms with van der Waals surface area (Å²) in [6.45, 7) is 5.08. The molecule has 2 amide bonds. The van der Waals surface area contributed by atoms with Gasteiger partial charge in [-0.05, 0) is 23.8 Å². The number of aliphatic hydroxyl groups is 1. The number of carbonyl (C=O) groups is 1. The van der Waals surface area contributed by atoms with Crippen molar-refractivity contribution < 1.29 is 9.90 Å². The molecule has 0 bridgehead atoms. The third-order valence-corrected chi connectivity index (χ3v) is 3.67. The Morgan fingerprint density at radius 2 is 2.20 bits per heavy atom. The minimum absolute atomic E-state index is 0.0304. The lowest BCUT2D eigenvalue weighted by Gasteiger charge is -2.20. The predicted molar refractivity (Wildman–Crippen MR) is 79.5 cm³/mol. The summed E-state index contributed by atoms with van der Waals surface area (Å²) in [4.78, 5) is 13.5. The van der Waals surface area contributed by atoms with Crippen LogP contribution >= 0.6 is 0 Å². The van der Waals surface area contributed by atoms with Crippen molar-refractivity contribution in [1.82, 2.24) is 10.2 Å². The zero-order valence-electron chi connectivity index (χ0n) is 11.7. The van der Waals surface area contributed by atoms with Crippen LogP contribution in [0.5, 0.6) is 0 Å². The lowest BCUT2D eigenvalue weighted by Crippen LogP contribution is -2.42. The summed E-state index contributed by atoms with van der Waals surface area (Å²) in [6.07, 6.45) is 2.80. The Labute approximate surface area is 120 Å². The smallest absolute Gasteiger partial charge is 0.317 e. The molecule has 0 aromatic heterocycles. The summed E-state index contributed by atoms with van der Waals surface area (Å²) in [5, 5.41) is 11.9. The van der Waals surface area contributed by atoms with Gasteiger partial charge in [0.15, 0.2) is 0 Å². The van der Waals surface area contributed by atoms with Crippen molar-refractivity contribution in [3.63, 3.8) is 0 Å². The zero-order valence-corrected chi connectivity index (χ0v) is 11.7. The van der Waals surface area contributed by atoms with Crippen LogP contribution in [0.25, 0.3) is 0 Å². The van der Waals surface area contributed by atoms with Gasteiger partial charge >= 0.3 is 6.03 Å². The first-order chi connectivity index (χ1) is 9.76. The molecule has 108 valence electrons. The zero-order chi connectivity index (χ0) is 14.4. The van der Waals surface area contributed by atoms with Crippen LogP contribution in [-0.2, 0) is 0 Å². The van der Waals surface area contributed by atoms with Crippen LogP contribution in [0.4, 0.5) is 4.79 Å². The largest absolute Gasteiger partial charge is 0.395 e. The van der Waals surface area contributed by atoms with E-state index in [1.165, 1.54) is 5.56 Å². The minimum Gasteiger partial charge on any atom is -0.395 e. The van der Waals surface area contributed by atoms with Crippen LogP contribution in [0.1, 0.15) is 17.9 Å². The molecule has 1 saturated carbocycles. The summed E-state index contributed by atoms with van der Waals surface area (Å²) in [5.74, 6) is 1.10. The quantitative estimate of drug-likeness (QED) is 0.747. The van der Waals surface area contributed by atoms with Crippen molar-refractivity contribution in [3.05, 3.63) is 48.6 Å². The van der Waals surface area contributed by atoms with Gasteiger partial charge in [-0.3, -0.25) is 0 Å². The molecule has 20 heavy (non-hydrogen) atoms. The Kier molecular flexibility index (Phi) is 5.18. The Morgan fingerprint density at radius 3 is 2.85 bits per heavy atom. The Bertz CT molecular complexity index is 447. The summed E-state index contributed by atoms with van der Waals surface area (Å²) in [5.41, 5.74) is 1.35. The number of benzene rings is 1. The highest BCUT2D eigenvalue weighted by Crippen LogP contribution is 2.46. The number of nitrogens with one attached hydrogen (secondary N) is 1. The monoisotopic (exact) mass is 274 g/mol. The van der Waals surface area contributed by atoms with Gasteiger partial charge in [0, 0.05) is 19.6 Å². The van der Waals surface area contributed by atoms with E-state index < -0.39 is 0 Å². The van der Waals surface area contributed by atoms with E-state index in [-0.39, 0.29) is 12.6 Å². The number of hydrogen-bond acceptors (Lipinski definition) is 2. The fraction of sp³-hybridized carbons (Fsp3) is 0.438. The van der Waals surface area contributed by atoms with Crippen molar-refractivity contribution in [3.8, 4) is 0 Å². The molecule has 1 aromatic carbocycles. The molecule has 4 nitrogen and oxygen atoms in total. The van der Waals surface area contributed by atoms with Gasteiger partial charge in [0.2, 0.25) is 0 Å². The van der Waals surface area contributed by atoms with Gasteiger partial charge in [0.05, 0.1) is 6.61 Å². The SMILES string of the molecule is C=CCN(CCO)C(=O)NCC1CC1c1ccccc1. The van der Waals surface area contributed by atoms with Gasteiger partial charge in [-0.1, -0.05) is 36.4 Å². The molecule has 2 unspecified atom stereocenters. The fourth-order valence-corrected chi connectivity index (χ4v) is 2.46. The summed E-state index contributed by atoms with van der Waals surface area (Å²) < 4.78 is 0. The van der Waals surface area contributed by atoms with E-state index in [0.29, 0.717) is 31.5 Å². The molecular formula is C16H22N2O2. The van der Waals surface area contributed by atoms with Crippen molar-refractivity contribution in [1.29, 1.82) is 0 Å². The van der Waals surface area contributed by atoms with Gasteiger partial charge < -0.3 is 15.3 Å². The van der Waals surface area contributed by atoms with E-state index in [4.69, 9.17) is 5.11 Å². The number of rotatable bonds is 7. The average molecular weight is 274 g/mol. The lowest BCUT2D eigenvalue weighted by molar-refractivity contribution is 0.183. The Hall–Kier alpha value is -1.81. The number of urea groups is 1. The standard InChI is InChI=1S/C16H22N2O2/c1-2-8-18(9-10-19)16(20)17-12-14-11-15(14)13-6-4-3-5-7-13/h2-7,14-15,19H,1,8-12H2,(H,17,20). The number of carbonyl (C=O) groups excluding carboxylic acids is 1. The lowest BCUT2D eigenvalue weighted by atomic mass is 10.1. The molecular weight excluding hydrogens is 252 g/mol. The van der Waals surface area contributed by atoms with Gasteiger partial charge in [-0.15, -0.1) is 6.58 Å². The van der Waals surface area contributed by atoms with Gasteiger partial charge in [0.25, 0.3) is 0 Å². The second kappa shape index (κ2) is 7.10. The van der Waals surface area contributed by atoms with E-state index in [0.717, 1.165) is 6.42 Å². The molecule has 2 rings (SSSR count). The first-order valence-corrected chi connectivity index (χ1v) is 7.05. The second-order valence-electron chi connectivity index (χ2n) is 5.16. The third kappa shape index (κ3) is 3.84. The van der Waals surface area contributed by atoms with Crippen LogP contribution < -0.4 is 5.32 Å². The van der Waals surface area contributed by atoms with E-state index in [1.54, 1.807) is 11.0 Å². The highest BCUT2D eigenvalue weighted by Gasteiger charge is 2.38. The molecule has 1 fully saturated rings. The highest BCUT2D eigenvalue weighted by atomic mass is 16.3. The van der Waals surface area contributed by atoms with Crippen molar-refractivity contribution in [2.24, 2.45) is 5.92 Å². The Balaban J connectivity index is 1.76. The number of amides is 2. The first kappa shape index (κ1) is 14.6. The molecule has 0 aliphatic heterocycles. The molecule has 1 aromatic rings. The van der Waals surface area contributed by atoms with Crippen LogP contribution in [0.2, 0.25) is 0 Å².